The molecular formula is C17H21F3N6O4S. The number of hydrogen-bond donors (Lipinski definition) is 2. The van der Waals surface area contributed by atoms with Gasteiger partial charge in [-0.05, 0) is 18.9 Å². The van der Waals surface area contributed by atoms with Crippen LogP contribution in [0.2, 0.25) is 0 Å². The van der Waals surface area contributed by atoms with Gasteiger partial charge in [0, 0.05) is 44.1 Å². The van der Waals surface area contributed by atoms with Crippen molar-refractivity contribution in [3.63, 3.8) is 0 Å². The Balaban J connectivity index is 0.000000339. The number of sulfonamides is 1. The van der Waals surface area contributed by atoms with Crippen LogP contribution in [0.4, 0.5) is 19.1 Å². The standard InChI is InChI=1S/C15H20N6O2S.C2HF3O2/c1-20-10-19-13-9-21(24(22,23)12-3-4-12)11(7-14(13)20)8-18-15-16-5-2-6-17-15;3-2(4,5)1(6)7/h2,5-6,10-12H,3-4,7-9H2,1H3,(H,16,17,18);(H,6,7). The Labute approximate surface area is 176 Å². The van der Waals surface area contributed by atoms with E-state index in [0.29, 0.717) is 25.5 Å². The summed E-state index contributed by atoms with van der Waals surface area (Å²) in [6.07, 6.45) is 2.15. The Kier molecular flexibility index (Phi) is 6.50. The van der Waals surface area contributed by atoms with Crippen molar-refractivity contribution in [2.75, 3.05) is 11.9 Å². The highest BCUT2D eigenvalue weighted by atomic mass is 32.2. The SMILES string of the molecule is Cn1cnc2c1CC(CNc1ncccn1)N(S(=O)(=O)C1CC1)C2.O=C(O)C(F)(F)F. The van der Waals surface area contributed by atoms with Crippen LogP contribution in [0.1, 0.15) is 24.2 Å². The molecule has 2 aromatic rings. The van der Waals surface area contributed by atoms with Crippen molar-refractivity contribution in [3.05, 3.63) is 36.2 Å². The minimum absolute atomic E-state index is 0.165. The maximum Gasteiger partial charge on any atom is 0.490 e. The van der Waals surface area contributed by atoms with Gasteiger partial charge in [-0.25, -0.2) is 28.2 Å². The summed E-state index contributed by atoms with van der Waals surface area (Å²) in [5, 5.41) is 10.1. The van der Waals surface area contributed by atoms with E-state index in [2.05, 4.69) is 20.3 Å². The number of aliphatic carboxylic acids is 1. The average molecular weight is 462 g/mol. The molecule has 2 aliphatic rings. The van der Waals surface area contributed by atoms with Crippen LogP contribution in [0.3, 0.4) is 0 Å². The zero-order valence-corrected chi connectivity index (χ0v) is 17.3. The molecular weight excluding hydrogens is 441 g/mol. The van der Waals surface area contributed by atoms with Crippen molar-refractivity contribution in [1.82, 2.24) is 23.8 Å². The van der Waals surface area contributed by atoms with Gasteiger partial charge in [-0.15, -0.1) is 0 Å². The Hall–Kier alpha value is -2.74. The molecule has 2 N–H and O–H groups in total. The second-order valence-corrected chi connectivity index (χ2v) is 9.32. The normalized spacial score (nSPS) is 19.2. The Morgan fingerprint density at radius 1 is 1.26 bits per heavy atom. The number of rotatable bonds is 5. The van der Waals surface area contributed by atoms with Gasteiger partial charge in [-0.2, -0.15) is 17.5 Å². The van der Waals surface area contributed by atoms with Gasteiger partial charge in [-0.3, -0.25) is 0 Å². The van der Waals surface area contributed by atoms with Gasteiger partial charge in [0.05, 0.1) is 23.8 Å². The van der Waals surface area contributed by atoms with Gasteiger partial charge >= 0.3 is 12.1 Å². The van der Waals surface area contributed by atoms with Crippen LogP contribution >= 0.6 is 0 Å². The van der Waals surface area contributed by atoms with E-state index in [4.69, 9.17) is 9.90 Å². The maximum atomic E-state index is 12.8. The molecule has 3 heterocycles. The number of fused-ring (bicyclic) bond motifs is 1. The van der Waals surface area contributed by atoms with E-state index in [1.54, 1.807) is 29.1 Å². The lowest BCUT2D eigenvalue weighted by molar-refractivity contribution is -0.192. The fraction of sp³-hybridized carbons (Fsp3) is 0.529. The third kappa shape index (κ3) is 5.50. The molecule has 1 atom stereocenters. The van der Waals surface area contributed by atoms with Gasteiger partial charge in [-0.1, -0.05) is 0 Å². The highest BCUT2D eigenvalue weighted by Crippen LogP contribution is 2.35. The first-order chi connectivity index (χ1) is 14.5. The minimum Gasteiger partial charge on any atom is -0.475 e. The van der Waals surface area contributed by atoms with Crippen LogP contribution < -0.4 is 5.32 Å². The Bertz CT molecular complexity index is 1020. The van der Waals surface area contributed by atoms with Crippen molar-refractivity contribution in [2.45, 2.75) is 43.3 Å². The van der Waals surface area contributed by atoms with E-state index in [9.17, 15) is 21.6 Å². The summed E-state index contributed by atoms with van der Waals surface area (Å²) < 4.78 is 61.0. The van der Waals surface area contributed by atoms with Crippen molar-refractivity contribution < 1.29 is 31.5 Å². The highest BCUT2D eigenvalue weighted by Gasteiger charge is 2.45. The van der Waals surface area contributed by atoms with Crippen molar-refractivity contribution in [1.29, 1.82) is 0 Å². The number of imidazole rings is 1. The van der Waals surface area contributed by atoms with Gasteiger partial charge in [0.15, 0.2) is 0 Å². The second kappa shape index (κ2) is 8.78. The molecule has 0 saturated heterocycles. The number of hydrogen-bond acceptors (Lipinski definition) is 7. The van der Waals surface area contributed by atoms with Gasteiger partial charge in [0.25, 0.3) is 0 Å². The first-order valence-corrected chi connectivity index (χ1v) is 10.8. The van der Waals surface area contributed by atoms with Crippen LogP contribution in [-0.2, 0) is 34.8 Å². The van der Waals surface area contributed by atoms with E-state index >= 15 is 0 Å². The molecule has 0 radical (unpaired) electrons. The van der Waals surface area contributed by atoms with Crippen LogP contribution in [0, 0.1) is 0 Å². The Morgan fingerprint density at radius 2 is 1.87 bits per heavy atom. The molecule has 0 amide bonds. The summed E-state index contributed by atoms with van der Waals surface area (Å²) in [6, 6.07) is 1.58. The molecule has 1 aliphatic carbocycles. The molecule has 1 saturated carbocycles. The van der Waals surface area contributed by atoms with E-state index in [0.717, 1.165) is 24.2 Å². The van der Waals surface area contributed by atoms with E-state index in [1.165, 1.54) is 0 Å². The zero-order valence-electron chi connectivity index (χ0n) is 16.4. The van der Waals surface area contributed by atoms with Crippen molar-refractivity contribution in [3.8, 4) is 0 Å². The number of halogens is 3. The zero-order chi connectivity index (χ0) is 22.8. The third-order valence-electron chi connectivity index (χ3n) is 4.86. The second-order valence-electron chi connectivity index (χ2n) is 7.15. The summed E-state index contributed by atoms with van der Waals surface area (Å²) in [4.78, 5) is 21.5. The summed E-state index contributed by atoms with van der Waals surface area (Å²) in [6.45, 7) is 0.817. The Morgan fingerprint density at radius 3 is 2.42 bits per heavy atom. The number of aromatic nitrogens is 4. The quantitative estimate of drug-likeness (QED) is 0.677. The third-order valence-corrected chi connectivity index (χ3v) is 7.26. The predicted octanol–water partition coefficient (Wildman–Crippen LogP) is 1.17. The lowest BCUT2D eigenvalue weighted by Gasteiger charge is -2.34. The molecule has 170 valence electrons. The number of carbonyl (C=O) groups is 1. The fourth-order valence-corrected chi connectivity index (χ4v) is 5.11. The van der Waals surface area contributed by atoms with Crippen LogP contribution in [0.25, 0.3) is 0 Å². The van der Waals surface area contributed by atoms with Crippen molar-refractivity contribution in [2.24, 2.45) is 7.05 Å². The van der Waals surface area contributed by atoms with E-state index in [-0.39, 0.29) is 11.3 Å². The smallest absolute Gasteiger partial charge is 0.475 e. The summed E-state index contributed by atoms with van der Waals surface area (Å²) in [7, 11) is -1.33. The molecule has 10 nitrogen and oxygen atoms in total. The highest BCUT2D eigenvalue weighted by molar-refractivity contribution is 7.90. The summed E-state index contributed by atoms with van der Waals surface area (Å²) in [5.74, 6) is -2.25. The average Bonchev–Trinajstić information content (AvgIpc) is 3.51. The van der Waals surface area contributed by atoms with E-state index in [1.807, 2.05) is 11.6 Å². The van der Waals surface area contributed by atoms with Crippen molar-refractivity contribution >= 4 is 21.9 Å². The van der Waals surface area contributed by atoms with Gasteiger partial charge in [0.1, 0.15) is 0 Å². The van der Waals surface area contributed by atoms with Gasteiger partial charge < -0.3 is 15.0 Å². The number of carboxylic acid groups (broad SMARTS) is 1. The molecule has 4 rings (SSSR count). The van der Waals surface area contributed by atoms with E-state index < -0.39 is 22.2 Å². The molecule has 1 unspecified atom stereocenters. The monoisotopic (exact) mass is 462 g/mol. The number of aryl methyl sites for hydroxylation is 1. The fourth-order valence-electron chi connectivity index (χ4n) is 3.13. The molecule has 31 heavy (non-hydrogen) atoms. The number of alkyl halides is 3. The number of anilines is 1. The van der Waals surface area contributed by atoms with Crippen LogP contribution in [-0.4, -0.2) is 67.3 Å². The maximum absolute atomic E-state index is 12.8. The molecule has 1 aliphatic heterocycles. The minimum atomic E-state index is -5.08. The largest absolute Gasteiger partial charge is 0.490 e. The number of nitrogens with zero attached hydrogens (tertiary/aromatic N) is 5. The lowest BCUT2D eigenvalue weighted by Crippen LogP contribution is -2.49. The summed E-state index contributed by atoms with van der Waals surface area (Å²) >= 11 is 0. The molecule has 0 bridgehead atoms. The molecule has 14 heteroatoms. The number of nitrogens with one attached hydrogen (secondary N) is 1. The molecule has 0 spiro atoms. The summed E-state index contributed by atoms with van der Waals surface area (Å²) in [5.41, 5.74) is 1.95. The molecule has 0 aromatic carbocycles. The topological polar surface area (TPSA) is 130 Å². The number of carboxylic acids is 1. The first kappa shape index (κ1) is 22.9. The lowest BCUT2D eigenvalue weighted by atomic mass is 10.1. The van der Waals surface area contributed by atoms with Crippen LogP contribution in [0.15, 0.2) is 24.8 Å². The predicted molar refractivity (Wildman–Crippen MR) is 102 cm³/mol. The first-order valence-electron chi connectivity index (χ1n) is 9.31. The molecule has 2 aromatic heterocycles. The van der Waals surface area contributed by atoms with Gasteiger partial charge in [0.2, 0.25) is 16.0 Å². The van der Waals surface area contributed by atoms with Crippen LogP contribution in [0.5, 0.6) is 0 Å². The molecule has 1 fully saturated rings.